The van der Waals surface area contributed by atoms with Crippen LogP contribution in [0.3, 0.4) is 0 Å². The second-order valence-corrected chi connectivity index (χ2v) is 9.73. The Balaban J connectivity index is 1.29. The molecule has 27 heavy (non-hydrogen) atoms. The monoisotopic (exact) mass is 396 g/mol. The summed E-state index contributed by atoms with van der Waals surface area (Å²) in [4.78, 5) is 4.85. The van der Waals surface area contributed by atoms with Gasteiger partial charge in [-0.3, -0.25) is 0 Å². The molecule has 0 aliphatic heterocycles. The molecule has 0 spiro atoms. The Bertz CT molecular complexity index is 934. The number of thioether (sulfide) groups is 1. The SMILES string of the molecule is CC(C)c1ccc(-c2nc(CSc3nnc(C4CC4)n3C3CC3)cs2)cc1. The van der Waals surface area contributed by atoms with E-state index >= 15 is 0 Å². The lowest BCUT2D eigenvalue weighted by Crippen LogP contribution is -2.01. The van der Waals surface area contributed by atoms with Crippen molar-refractivity contribution in [3.05, 3.63) is 46.7 Å². The van der Waals surface area contributed by atoms with E-state index in [2.05, 4.69) is 58.3 Å². The molecule has 0 bridgehead atoms. The van der Waals surface area contributed by atoms with Crippen LogP contribution in [0.15, 0.2) is 34.8 Å². The van der Waals surface area contributed by atoms with E-state index in [0.717, 1.165) is 21.6 Å². The second kappa shape index (κ2) is 7.06. The predicted octanol–water partition coefficient (Wildman–Crippen LogP) is 6.03. The lowest BCUT2D eigenvalue weighted by molar-refractivity contribution is 0.627. The highest BCUT2D eigenvalue weighted by molar-refractivity contribution is 7.98. The molecule has 1 aromatic carbocycles. The third kappa shape index (κ3) is 3.69. The van der Waals surface area contributed by atoms with Crippen LogP contribution in [0.5, 0.6) is 0 Å². The van der Waals surface area contributed by atoms with Crippen LogP contribution in [0.4, 0.5) is 0 Å². The van der Waals surface area contributed by atoms with E-state index in [1.807, 2.05) is 0 Å². The summed E-state index contributed by atoms with van der Waals surface area (Å²) in [5, 5.41) is 13.4. The summed E-state index contributed by atoms with van der Waals surface area (Å²) < 4.78 is 2.42. The van der Waals surface area contributed by atoms with Gasteiger partial charge in [0, 0.05) is 28.7 Å². The van der Waals surface area contributed by atoms with Gasteiger partial charge in [-0.25, -0.2) is 4.98 Å². The van der Waals surface area contributed by atoms with Crippen molar-refractivity contribution >= 4 is 23.1 Å². The van der Waals surface area contributed by atoms with E-state index < -0.39 is 0 Å². The van der Waals surface area contributed by atoms with Gasteiger partial charge in [0.15, 0.2) is 5.16 Å². The van der Waals surface area contributed by atoms with E-state index in [-0.39, 0.29) is 0 Å². The van der Waals surface area contributed by atoms with E-state index in [4.69, 9.17) is 4.98 Å². The standard InChI is InChI=1S/C21H24N4S2/c1-13(2)14-3-7-16(8-4-14)20-22-17(11-26-20)12-27-21-24-23-19(15-5-6-15)25(21)18-9-10-18/h3-4,7-8,11,13,15,18H,5-6,9-10,12H2,1-2H3. The fraction of sp³-hybridized carbons (Fsp3) is 0.476. The van der Waals surface area contributed by atoms with Crippen LogP contribution in [-0.4, -0.2) is 19.7 Å². The predicted molar refractivity (Wildman–Crippen MR) is 111 cm³/mol. The van der Waals surface area contributed by atoms with E-state index in [0.29, 0.717) is 17.9 Å². The molecule has 0 N–H and O–H groups in total. The van der Waals surface area contributed by atoms with Crippen LogP contribution in [0, 0.1) is 0 Å². The first-order chi connectivity index (χ1) is 13.2. The quantitative estimate of drug-likeness (QED) is 0.457. The zero-order valence-corrected chi connectivity index (χ0v) is 17.4. The van der Waals surface area contributed by atoms with Gasteiger partial charge in [0.2, 0.25) is 0 Å². The molecule has 0 radical (unpaired) electrons. The third-order valence-electron chi connectivity index (χ3n) is 5.27. The topological polar surface area (TPSA) is 43.6 Å². The van der Waals surface area contributed by atoms with Gasteiger partial charge in [-0.1, -0.05) is 49.9 Å². The molecular weight excluding hydrogens is 372 g/mol. The molecular formula is C21H24N4S2. The molecule has 6 heteroatoms. The van der Waals surface area contributed by atoms with Crippen molar-refractivity contribution in [1.29, 1.82) is 0 Å². The second-order valence-electron chi connectivity index (χ2n) is 7.93. The molecule has 2 aromatic heterocycles. The van der Waals surface area contributed by atoms with Gasteiger partial charge in [-0.15, -0.1) is 21.5 Å². The van der Waals surface area contributed by atoms with Gasteiger partial charge in [0.1, 0.15) is 10.8 Å². The first-order valence-electron chi connectivity index (χ1n) is 9.81. The fourth-order valence-corrected chi connectivity index (χ4v) is 5.17. The summed E-state index contributed by atoms with van der Waals surface area (Å²) in [5.41, 5.74) is 3.71. The number of aromatic nitrogens is 4. The summed E-state index contributed by atoms with van der Waals surface area (Å²) in [6.07, 6.45) is 5.11. The maximum absolute atomic E-state index is 4.85. The zero-order valence-electron chi connectivity index (χ0n) is 15.8. The molecule has 0 unspecified atom stereocenters. The Morgan fingerprint density at radius 3 is 2.56 bits per heavy atom. The van der Waals surface area contributed by atoms with Crippen LogP contribution >= 0.6 is 23.1 Å². The molecule has 5 rings (SSSR count). The summed E-state index contributed by atoms with van der Waals surface area (Å²) in [5.74, 6) is 3.30. The minimum Gasteiger partial charge on any atom is -0.303 e. The Kier molecular flexibility index (Phi) is 4.56. The minimum absolute atomic E-state index is 0.562. The van der Waals surface area contributed by atoms with E-state index in [9.17, 15) is 0 Å². The molecule has 2 heterocycles. The molecule has 140 valence electrons. The highest BCUT2D eigenvalue weighted by Gasteiger charge is 2.36. The van der Waals surface area contributed by atoms with E-state index in [1.54, 1.807) is 23.1 Å². The molecule has 2 aliphatic carbocycles. The van der Waals surface area contributed by atoms with Crippen LogP contribution in [-0.2, 0) is 5.75 Å². The van der Waals surface area contributed by atoms with Gasteiger partial charge in [0.25, 0.3) is 0 Å². The molecule has 0 atom stereocenters. The van der Waals surface area contributed by atoms with Crippen LogP contribution < -0.4 is 0 Å². The van der Waals surface area contributed by atoms with Gasteiger partial charge < -0.3 is 4.57 Å². The summed E-state index contributed by atoms with van der Waals surface area (Å²) in [6, 6.07) is 9.46. The molecule has 0 amide bonds. The number of nitrogens with zero attached hydrogens (tertiary/aromatic N) is 4. The maximum Gasteiger partial charge on any atom is 0.191 e. The Morgan fingerprint density at radius 1 is 1.11 bits per heavy atom. The van der Waals surface area contributed by atoms with Crippen molar-refractivity contribution in [2.45, 2.75) is 68.3 Å². The third-order valence-corrected chi connectivity index (χ3v) is 7.19. The Morgan fingerprint density at radius 2 is 1.89 bits per heavy atom. The van der Waals surface area contributed by atoms with Crippen LogP contribution in [0.2, 0.25) is 0 Å². The molecule has 0 saturated heterocycles. The number of hydrogen-bond acceptors (Lipinski definition) is 5. The lowest BCUT2D eigenvalue weighted by Gasteiger charge is -2.07. The van der Waals surface area contributed by atoms with Gasteiger partial charge in [-0.2, -0.15) is 0 Å². The average Bonchev–Trinajstić information content (AvgIpc) is 3.61. The number of thiazole rings is 1. The zero-order chi connectivity index (χ0) is 18.4. The molecule has 2 fully saturated rings. The van der Waals surface area contributed by atoms with Crippen molar-refractivity contribution < 1.29 is 0 Å². The lowest BCUT2D eigenvalue weighted by atomic mass is 10.0. The van der Waals surface area contributed by atoms with E-state index in [1.165, 1.54) is 42.6 Å². The van der Waals surface area contributed by atoms with Crippen molar-refractivity contribution in [2.75, 3.05) is 0 Å². The van der Waals surface area contributed by atoms with Crippen molar-refractivity contribution in [3.63, 3.8) is 0 Å². The van der Waals surface area contributed by atoms with Gasteiger partial charge in [0.05, 0.1) is 5.69 Å². The van der Waals surface area contributed by atoms with Crippen LogP contribution in [0.1, 0.15) is 74.5 Å². The summed E-state index contributed by atoms with van der Waals surface area (Å²) in [7, 11) is 0. The van der Waals surface area contributed by atoms with Gasteiger partial charge >= 0.3 is 0 Å². The summed E-state index contributed by atoms with van der Waals surface area (Å²) in [6.45, 7) is 4.45. The highest BCUT2D eigenvalue weighted by Crippen LogP contribution is 2.46. The molecule has 3 aromatic rings. The van der Waals surface area contributed by atoms with Crippen molar-refractivity contribution in [2.24, 2.45) is 0 Å². The number of rotatable bonds is 7. The minimum atomic E-state index is 0.562. The highest BCUT2D eigenvalue weighted by atomic mass is 32.2. The Labute approximate surface area is 168 Å². The van der Waals surface area contributed by atoms with Gasteiger partial charge in [-0.05, 0) is 37.2 Å². The van der Waals surface area contributed by atoms with Crippen LogP contribution in [0.25, 0.3) is 10.6 Å². The molecule has 4 nitrogen and oxygen atoms in total. The smallest absolute Gasteiger partial charge is 0.191 e. The largest absolute Gasteiger partial charge is 0.303 e. The summed E-state index contributed by atoms with van der Waals surface area (Å²) >= 11 is 3.51. The molecule has 2 saturated carbocycles. The fourth-order valence-electron chi connectivity index (χ4n) is 3.34. The normalized spacial score (nSPS) is 17.0. The molecule has 2 aliphatic rings. The first kappa shape index (κ1) is 17.4. The van der Waals surface area contributed by atoms with Crippen molar-refractivity contribution in [3.8, 4) is 10.6 Å². The maximum atomic E-state index is 4.85. The number of hydrogen-bond donors (Lipinski definition) is 0. The first-order valence-corrected chi connectivity index (χ1v) is 11.7. The Hall–Kier alpha value is -1.66. The average molecular weight is 397 g/mol. The number of benzene rings is 1. The van der Waals surface area contributed by atoms with Crippen molar-refractivity contribution in [1.82, 2.24) is 19.7 Å².